The predicted molar refractivity (Wildman–Crippen MR) is 86.9 cm³/mol. The maximum absolute atomic E-state index is 12.2. The number of carbonyl (C=O) groups excluding carboxylic acids is 2. The summed E-state index contributed by atoms with van der Waals surface area (Å²) >= 11 is 1.37. The third kappa shape index (κ3) is 4.19. The molecule has 9 heteroatoms. The highest BCUT2D eigenvalue weighted by Crippen LogP contribution is 2.11. The van der Waals surface area contributed by atoms with Crippen LogP contribution in [0.1, 0.15) is 10.6 Å². The molecule has 0 spiro atoms. The Morgan fingerprint density at radius 3 is 2.88 bits per heavy atom. The molecule has 1 unspecified atom stereocenters. The summed E-state index contributed by atoms with van der Waals surface area (Å²) in [6, 6.07) is 0.335. The molecule has 1 atom stereocenters. The van der Waals surface area contributed by atoms with Gasteiger partial charge in [0.2, 0.25) is 11.3 Å². The van der Waals surface area contributed by atoms with E-state index in [9.17, 15) is 19.5 Å². The van der Waals surface area contributed by atoms with Crippen LogP contribution in [0.5, 0.6) is 5.75 Å². The normalized spacial score (nSPS) is 11.8. The molecule has 2 rings (SSSR count). The van der Waals surface area contributed by atoms with Gasteiger partial charge in [0.1, 0.15) is 12.6 Å². The average Bonchev–Trinajstić information content (AvgIpc) is 3.07. The molecule has 0 saturated carbocycles. The van der Waals surface area contributed by atoms with Crippen LogP contribution in [0, 0.1) is 6.92 Å². The van der Waals surface area contributed by atoms with Gasteiger partial charge in [-0.3, -0.25) is 14.6 Å². The van der Waals surface area contributed by atoms with Crippen molar-refractivity contribution in [3.05, 3.63) is 44.8 Å². The molecular weight excluding hydrogens is 334 g/mol. The summed E-state index contributed by atoms with van der Waals surface area (Å²) in [5, 5.41) is 12.2. The fourth-order valence-electron chi connectivity index (χ4n) is 2.11. The number of aromatic nitrogens is 2. The van der Waals surface area contributed by atoms with Crippen molar-refractivity contribution in [2.75, 3.05) is 7.11 Å². The summed E-state index contributed by atoms with van der Waals surface area (Å²) in [5.41, 5.74) is 1.40. The number of nitrogens with zero attached hydrogens (tertiary/aromatic N) is 2. The molecule has 0 aliphatic rings. The Kier molecular flexibility index (Phi) is 5.69. The lowest BCUT2D eigenvalue weighted by molar-refractivity contribution is -0.145. The number of hydrogen-bond donors (Lipinski definition) is 2. The lowest BCUT2D eigenvalue weighted by Gasteiger charge is -2.17. The number of thiazole rings is 1. The van der Waals surface area contributed by atoms with Gasteiger partial charge in [0.25, 0.3) is 0 Å². The number of carbonyl (C=O) groups is 2. The summed E-state index contributed by atoms with van der Waals surface area (Å²) in [6.45, 7) is 1.38. The highest BCUT2D eigenvalue weighted by molar-refractivity contribution is 7.09. The van der Waals surface area contributed by atoms with Crippen molar-refractivity contribution < 1.29 is 19.4 Å². The second-order valence-corrected chi connectivity index (χ2v) is 6.03. The van der Waals surface area contributed by atoms with Gasteiger partial charge in [-0.05, 0) is 6.92 Å². The first-order valence-corrected chi connectivity index (χ1v) is 7.94. The third-order valence-electron chi connectivity index (χ3n) is 3.44. The number of nitrogens with one attached hydrogen (secondary N) is 1. The maximum Gasteiger partial charge on any atom is 0.328 e. The van der Waals surface area contributed by atoms with Crippen molar-refractivity contribution in [1.82, 2.24) is 14.9 Å². The fraction of sp³-hybridized carbons (Fsp3) is 0.333. The fourth-order valence-corrected chi connectivity index (χ4v) is 2.75. The minimum atomic E-state index is -0.837. The molecule has 0 radical (unpaired) electrons. The van der Waals surface area contributed by atoms with Crippen LogP contribution in [-0.2, 0) is 27.3 Å². The molecule has 24 heavy (non-hydrogen) atoms. The van der Waals surface area contributed by atoms with Crippen molar-refractivity contribution in [1.29, 1.82) is 0 Å². The number of hydrogen-bond acceptors (Lipinski definition) is 7. The summed E-state index contributed by atoms with van der Waals surface area (Å²) in [5.74, 6) is -1.41. The molecule has 0 saturated heterocycles. The van der Waals surface area contributed by atoms with Crippen LogP contribution >= 0.6 is 11.3 Å². The Hall–Kier alpha value is -2.68. The third-order valence-corrected chi connectivity index (χ3v) is 4.24. The van der Waals surface area contributed by atoms with Gasteiger partial charge in [0, 0.05) is 29.8 Å². The van der Waals surface area contributed by atoms with Crippen LogP contribution in [0.4, 0.5) is 0 Å². The number of rotatable bonds is 6. The quantitative estimate of drug-likeness (QED) is 0.720. The van der Waals surface area contributed by atoms with E-state index in [1.165, 1.54) is 42.2 Å². The monoisotopic (exact) mass is 351 g/mol. The number of pyridine rings is 1. The zero-order valence-electron chi connectivity index (χ0n) is 13.2. The van der Waals surface area contributed by atoms with Gasteiger partial charge >= 0.3 is 5.97 Å². The van der Waals surface area contributed by atoms with E-state index in [0.717, 1.165) is 4.88 Å². The zero-order chi connectivity index (χ0) is 17.7. The van der Waals surface area contributed by atoms with Crippen molar-refractivity contribution >= 4 is 23.2 Å². The first kappa shape index (κ1) is 17.7. The Morgan fingerprint density at radius 2 is 2.25 bits per heavy atom. The molecule has 0 fully saturated rings. The van der Waals surface area contributed by atoms with Gasteiger partial charge in [0.15, 0.2) is 5.75 Å². The van der Waals surface area contributed by atoms with Crippen LogP contribution in [0.3, 0.4) is 0 Å². The number of methoxy groups -OCH3 is 1. The molecule has 0 aliphatic carbocycles. The number of amides is 1. The van der Waals surface area contributed by atoms with Gasteiger partial charge in [-0.1, -0.05) is 0 Å². The van der Waals surface area contributed by atoms with Crippen molar-refractivity contribution in [2.45, 2.75) is 25.9 Å². The molecular formula is C15H17N3O5S. The lowest BCUT2D eigenvalue weighted by Crippen LogP contribution is -2.44. The smallest absolute Gasteiger partial charge is 0.328 e. The number of ether oxygens (including phenoxy) is 1. The molecule has 8 nitrogen and oxygen atoms in total. The minimum Gasteiger partial charge on any atom is -0.503 e. The van der Waals surface area contributed by atoms with Gasteiger partial charge < -0.3 is 19.7 Å². The highest BCUT2D eigenvalue weighted by atomic mass is 32.1. The largest absolute Gasteiger partial charge is 0.503 e. The Labute approximate surface area is 141 Å². The Morgan fingerprint density at radius 1 is 1.50 bits per heavy atom. The molecule has 128 valence electrons. The Bertz CT molecular complexity index is 785. The summed E-state index contributed by atoms with van der Waals surface area (Å²) in [7, 11) is 1.25. The Balaban J connectivity index is 2.09. The van der Waals surface area contributed by atoms with Crippen molar-refractivity contribution in [2.24, 2.45) is 0 Å². The van der Waals surface area contributed by atoms with Gasteiger partial charge in [-0.25, -0.2) is 4.79 Å². The molecule has 2 heterocycles. The highest BCUT2D eigenvalue weighted by Gasteiger charge is 2.23. The van der Waals surface area contributed by atoms with Crippen LogP contribution < -0.4 is 10.7 Å². The van der Waals surface area contributed by atoms with Crippen LogP contribution in [0.25, 0.3) is 0 Å². The second kappa shape index (κ2) is 7.73. The van der Waals surface area contributed by atoms with Crippen LogP contribution in [0.15, 0.2) is 28.8 Å². The van der Waals surface area contributed by atoms with E-state index < -0.39 is 29.1 Å². The molecule has 0 bridgehead atoms. The van der Waals surface area contributed by atoms with E-state index in [-0.39, 0.29) is 18.7 Å². The standard InChI is InChI=1S/C15H17N3O5S/c1-9-14(21)12(19)3-4-18(9)7-13(20)17-11(15(22)23-2)5-10-6-16-8-24-10/h3-4,6,8,11,21H,5,7H2,1-2H3,(H,17,20). The molecule has 2 aromatic heterocycles. The van der Waals surface area contributed by atoms with Crippen LogP contribution in [0.2, 0.25) is 0 Å². The number of aromatic hydroxyl groups is 1. The number of esters is 1. The first-order valence-electron chi connectivity index (χ1n) is 7.06. The zero-order valence-corrected chi connectivity index (χ0v) is 14.0. The summed E-state index contributed by atoms with van der Waals surface area (Å²) in [4.78, 5) is 40.2. The molecule has 0 aliphatic heterocycles. The van der Waals surface area contributed by atoms with E-state index >= 15 is 0 Å². The first-order chi connectivity index (χ1) is 11.4. The summed E-state index contributed by atoms with van der Waals surface area (Å²) < 4.78 is 6.14. The van der Waals surface area contributed by atoms with Crippen molar-refractivity contribution in [3.8, 4) is 5.75 Å². The molecule has 0 aromatic carbocycles. The van der Waals surface area contributed by atoms with Gasteiger partial charge in [-0.15, -0.1) is 11.3 Å². The van der Waals surface area contributed by atoms with E-state index in [2.05, 4.69) is 10.3 Å². The summed E-state index contributed by atoms with van der Waals surface area (Å²) in [6.07, 6.45) is 3.31. The molecule has 2 N–H and O–H groups in total. The van der Waals surface area contributed by atoms with Gasteiger partial charge in [0.05, 0.1) is 18.3 Å². The van der Waals surface area contributed by atoms with Crippen molar-refractivity contribution in [3.63, 3.8) is 0 Å². The molecule has 2 aromatic rings. The minimum absolute atomic E-state index is 0.143. The van der Waals surface area contributed by atoms with Crippen LogP contribution in [-0.4, -0.2) is 39.7 Å². The van der Waals surface area contributed by atoms with E-state index in [0.29, 0.717) is 0 Å². The average molecular weight is 351 g/mol. The predicted octanol–water partition coefficient (Wildman–Crippen LogP) is 0.219. The van der Waals surface area contributed by atoms with E-state index in [1.54, 1.807) is 11.7 Å². The molecule has 1 amide bonds. The van der Waals surface area contributed by atoms with E-state index in [4.69, 9.17) is 4.74 Å². The van der Waals surface area contributed by atoms with E-state index in [1.807, 2.05) is 0 Å². The van der Waals surface area contributed by atoms with Gasteiger partial charge in [-0.2, -0.15) is 0 Å². The lowest BCUT2D eigenvalue weighted by atomic mass is 10.2. The topological polar surface area (TPSA) is 111 Å². The second-order valence-electron chi connectivity index (χ2n) is 5.06. The SMILES string of the molecule is COC(=O)C(Cc1cncs1)NC(=O)Cn1ccc(=O)c(O)c1C. The maximum atomic E-state index is 12.2.